The van der Waals surface area contributed by atoms with Gasteiger partial charge in [-0.1, -0.05) is 6.07 Å². The monoisotopic (exact) mass is 420 g/mol. The third-order valence-corrected chi connectivity index (χ3v) is 4.95. The van der Waals surface area contributed by atoms with Crippen LogP contribution in [0.25, 0.3) is 11.0 Å². The van der Waals surface area contributed by atoms with Crippen molar-refractivity contribution >= 4 is 56.6 Å². The maximum atomic E-state index is 13.8. The Morgan fingerprint density at radius 3 is 2.95 bits per heavy atom. The van der Waals surface area contributed by atoms with Crippen molar-refractivity contribution in [3.63, 3.8) is 0 Å². The number of benzene rings is 1. The van der Waals surface area contributed by atoms with Crippen LogP contribution in [0.3, 0.4) is 0 Å². The minimum absolute atomic E-state index is 0.219. The molecule has 0 aliphatic carbocycles. The van der Waals surface area contributed by atoms with E-state index in [9.17, 15) is 4.39 Å². The average Bonchev–Trinajstić information content (AvgIpc) is 3.00. The summed E-state index contributed by atoms with van der Waals surface area (Å²) in [5.41, 5.74) is 1.58. The summed E-state index contributed by atoms with van der Waals surface area (Å²) < 4.78 is 16.4. The molecule has 0 saturated carbocycles. The fourth-order valence-corrected chi connectivity index (χ4v) is 3.48. The molecule has 0 aliphatic heterocycles. The molecule has 104 valence electrons. The highest BCUT2D eigenvalue weighted by Gasteiger charge is 2.17. The van der Waals surface area contributed by atoms with Gasteiger partial charge in [0.15, 0.2) is 0 Å². The summed E-state index contributed by atoms with van der Waals surface area (Å²) in [5.74, 6) is 0.552. The number of rotatable bonds is 3. The van der Waals surface area contributed by atoms with Crippen LogP contribution in [-0.2, 0) is 6.54 Å². The van der Waals surface area contributed by atoms with Crippen LogP contribution in [0, 0.1) is 9.39 Å². The van der Waals surface area contributed by atoms with E-state index in [1.807, 2.05) is 45.5 Å². The Labute approximate surface area is 138 Å². The quantitative estimate of drug-likeness (QED) is 0.421. The van der Waals surface area contributed by atoms with Gasteiger partial charge in [-0.15, -0.1) is 22.9 Å². The van der Waals surface area contributed by atoms with E-state index in [-0.39, 0.29) is 11.2 Å². The molecule has 3 rings (SSSR count). The van der Waals surface area contributed by atoms with E-state index in [1.165, 1.54) is 4.88 Å². The maximum Gasteiger partial charge on any atom is 0.138 e. The zero-order chi connectivity index (χ0) is 14.3. The Hall–Kier alpha value is -0.660. The molecule has 0 aliphatic rings. The second-order valence-corrected chi connectivity index (χ2v) is 7.36. The largest absolute Gasteiger partial charge is 0.321 e. The van der Waals surface area contributed by atoms with Gasteiger partial charge in [-0.25, -0.2) is 9.37 Å². The highest BCUT2D eigenvalue weighted by Crippen LogP contribution is 2.28. The van der Waals surface area contributed by atoms with Crippen LogP contribution in [-0.4, -0.2) is 9.55 Å². The van der Waals surface area contributed by atoms with Crippen molar-refractivity contribution in [1.82, 2.24) is 9.55 Å². The fraction of sp³-hybridized carbons (Fsp3) is 0.214. The summed E-state index contributed by atoms with van der Waals surface area (Å²) in [5, 5.41) is 1.81. The minimum atomic E-state index is -0.223. The predicted octanol–water partition coefficient (Wildman–Crippen LogP) is 5.19. The standard InChI is InChI=1S/C14H11ClFIN2S/c1-8(15)14-18-12-6-11(17)10(16)5-13(12)19(14)7-9-3-2-4-20-9/h2-6,8H,7H2,1H3. The van der Waals surface area contributed by atoms with Gasteiger partial charge in [-0.2, -0.15) is 0 Å². The van der Waals surface area contributed by atoms with Gasteiger partial charge in [0.25, 0.3) is 0 Å². The summed E-state index contributed by atoms with van der Waals surface area (Å²) in [6.45, 7) is 2.55. The van der Waals surface area contributed by atoms with Crippen LogP contribution in [0.1, 0.15) is 23.0 Å². The summed E-state index contributed by atoms with van der Waals surface area (Å²) in [7, 11) is 0. The SMILES string of the molecule is CC(Cl)c1nc2cc(I)c(F)cc2n1Cc1cccs1. The molecular formula is C14H11ClFIN2S. The van der Waals surface area contributed by atoms with Gasteiger partial charge in [0.2, 0.25) is 0 Å². The molecular weight excluding hydrogens is 410 g/mol. The van der Waals surface area contributed by atoms with Crippen LogP contribution in [0.5, 0.6) is 0 Å². The lowest BCUT2D eigenvalue weighted by atomic mass is 10.3. The molecule has 0 N–H and O–H groups in total. The van der Waals surface area contributed by atoms with Crippen molar-refractivity contribution < 1.29 is 4.39 Å². The second-order valence-electron chi connectivity index (χ2n) is 4.51. The number of halogens is 3. The molecule has 0 saturated heterocycles. The lowest BCUT2D eigenvalue weighted by Gasteiger charge is -2.09. The number of fused-ring (bicyclic) bond motifs is 1. The molecule has 1 unspecified atom stereocenters. The number of imidazole rings is 1. The molecule has 6 heteroatoms. The van der Waals surface area contributed by atoms with Crippen LogP contribution >= 0.6 is 45.5 Å². The Morgan fingerprint density at radius 1 is 1.50 bits per heavy atom. The second kappa shape index (κ2) is 5.61. The highest BCUT2D eigenvalue weighted by molar-refractivity contribution is 14.1. The zero-order valence-corrected chi connectivity index (χ0v) is 14.3. The van der Waals surface area contributed by atoms with E-state index >= 15 is 0 Å². The number of nitrogens with zero attached hydrogens (tertiary/aromatic N) is 2. The van der Waals surface area contributed by atoms with Crippen LogP contribution in [0.2, 0.25) is 0 Å². The van der Waals surface area contributed by atoms with Crippen molar-refractivity contribution in [2.24, 2.45) is 0 Å². The van der Waals surface area contributed by atoms with E-state index in [1.54, 1.807) is 23.5 Å². The number of alkyl halides is 1. The molecule has 0 amide bonds. The number of hydrogen-bond acceptors (Lipinski definition) is 2. The van der Waals surface area contributed by atoms with E-state index in [2.05, 4.69) is 11.1 Å². The molecule has 2 aromatic heterocycles. The van der Waals surface area contributed by atoms with Gasteiger partial charge < -0.3 is 4.57 Å². The molecule has 3 aromatic rings. The topological polar surface area (TPSA) is 17.8 Å². The molecule has 1 aromatic carbocycles. The van der Waals surface area contributed by atoms with E-state index in [0.717, 1.165) is 16.9 Å². The van der Waals surface area contributed by atoms with Gasteiger partial charge in [0.1, 0.15) is 11.6 Å². The third-order valence-electron chi connectivity index (χ3n) is 3.07. The summed E-state index contributed by atoms with van der Waals surface area (Å²) in [6, 6.07) is 7.37. The first-order valence-electron chi connectivity index (χ1n) is 6.08. The van der Waals surface area contributed by atoms with Gasteiger partial charge >= 0.3 is 0 Å². The van der Waals surface area contributed by atoms with Crippen molar-refractivity contribution in [3.8, 4) is 0 Å². The van der Waals surface area contributed by atoms with Crippen molar-refractivity contribution in [1.29, 1.82) is 0 Å². The molecule has 0 spiro atoms. The first kappa shape index (κ1) is 14.3. The smallest absolute Gasteiger partial charge is 0.138 e. The Morgan fingerprint density at radius 2 is 2.30 bits per heavy atom. The maximum absolute atomic E-state index is 13.8. The number of hydrogen-bond donors (Lipinski definition) is 0. The van der Waals surface area contributed by atoms with Gasteiger partial charge in [-0.3, -0.25) is 0 Å². The first-order chi connectivity index (χ1) is 9.56. The molecule has 20 heavy (non-hydrogen) atoms. The lowest BCUT2D eigenvalue weighted by Crippen LogP contribution is -2.04. The summed E-state index contributed by atoms with van der Waals surface area (Å²) >= 11 is 9.87. The Kier molecular flexibility index (Phi) is 4.01. The summed E-state index contributed by atoms with van der Waals surface area (Å²) in [6.07, 6.45) is 0. The van der Waals surface area contributed by atoms with E-state index in [0.29, 0.717) is 10.1 Å². The highest BCUT2D eigenvalue weighted by atomic mass is 127. The molecule has 0 bridgehead atoms. The summed E-state index contributed by atoms with van der Waals surface area (Å²) in [4.78, 5) is 5.75. The normalized spacial score (nSPS) is 13.0. The molecule has 2 heterocycles. The first-order valence-corrected chi connectivity index (χ1v) is 8.47. The number of thiophene rings is 1. The fourth-order valence-electron chi connectivity index (χ4n) is 2.17. The molecule has 1 atom stereocenters. The lowest BCUT2D eigenvalue weighted by molar-refractivity contribution is 0.621. The number of aromatic nitrogens is 2. The average molecular weight is 421 g/mol. The van der Waals surface area contributed by atoms with Crippen molar-refractivity contribution in [2.75, 3.05) is 0 Å². The minimum Gasteiger partial charge on any atom is -0.321 e. The van der Waals surface area contributed by atoms with E-state index < -0.39 is 0 Å². The van der Waals surface area contributed by atoms with Crippen LogP contribution in [0.15, 0.2) is 29.6 Å². The van der Waals surface area contributed by atoms with Crippen LogP contribution in [0.4, 0.5) is 4.39 Å². The van der Waals surface area contributed by atoms with Crippen molar-refractivity contribution in [2.45, 2.75) is 18.8 Å². The third kappa shape index (κ3) is 2.58. The van der Waals surface area contributed by atoms with Crippen LogP contribution < -0.4 is 0 Å². The van der Waals surface area contributed by atoms with E-state index in [4.69, 9.17) is 11.6 Å². The molecule has 0 radical (unpaired) electrons. The Bertz CT molecular complexity index is 752. The van der Waals surface area contributed by atoms with Gasteiger partial charge in [-0.05, 0) is 47.0 Å². The molecule has 0 fully saturated rings. The van der Waals surface area contributed by atoms with Gasteiger partial charge in [0, 0.05) is 10.9 Å². The Balaban J connectivity index is 2.20. The van der Waals surface area contributed by atoms with Gasteiger partial charge in [0.05, 0.1) is 26.5 Å². The van der Waals surface area contributed by atoms with Crippen molar-refractivity contribution in [3.05, 3.63) is 49.7 Å². The zero-order valence-electron chi connectivity index (χ0n) is 10.6. The molecule has 2 nitrogen and oxygen atoms in total. The predicted molar refractivity (Wildman–Crippen MR) is 90.1 cm³/mol.